The predicted octanol–water partition coefficient (Wildman–Crippen LogP) is 3.35. The van der Waals surface area contributed by atoms with E-state index < -0.39 is 0 Å². The van der Waals surface area contributed by atoms with Gasteiger partial charge in [0.2, 0.25) is 0 Å². The highest BCUT2D eigenvalue weighted by atomic mass is 35.5. The van der Waals surface area contributed by atoms with Crippen LogP contribution in [-0.2, 0) is 12.4 Å². The summed E-state index contributed by atoms with van der Waals surface area (Å²) in [5.74, 6) is 1.09. The van der Waals surface area contributed by atoms with Gasteiger partial charge in [-0.05, 0) is 23.6 Å². The maximum Gasteiger partial charge on any atom is 0.289 e. The Morgan fingerprint density at radius 3 is 2.88 bits per heavy atom. The molecule has 1 amide bonds. The van der Waals surface area contributed by atoms with Gasteiger partial charge >= 0.3 is 0 Å². The second kappa shape index (κ2) is 5.38. The van der Waals surface area contributed by atoms with Gasteiger partial charge in [0.05, 0.1) is 12.4 Å². The van der Waals surface area contributed by atoms with Gasteiger partial charge in [-0.3, -0.25) is 4.79 Å². The number of nitrogens with zero attached hydrogens (tertiary/aromatic N) is 1. The lowest BCUT2D eigenvalue weighted by molar-refractivity contribution is 0.0753. The van der Waals surface area contributed by atoms with Crippen molar-refractivity contribution in [2.45, 2.75) is 12.4 Å². The number of alkyl halides is 1. The van der Waals surface area contributed by atoms with E-state index in [-0.39, 0.29) is 11.8 Å². The van der Waals surface area contributed by atoms with Crippen molar-refractivity contribution in [1.82, 2.24) is 4.90 Å². The Balaban J connectivity index is 2.04. The van der Waals surface area contributed by atoms with Gasteiger partial charge in [-0.2, -0.15) is 0 Å². The zero-order valence-corrected chi connectivity index (χ0v) is 10.9. The monoisotopic (exact) mass is 269 g/mol. The number of halogens is 1. The second-order valence-electron chi connectivity index (χ2n) is 3.64. The summed E-state index contributed by atoms with van der Waals surface area (Å²) < 4.78 is 5.32. The van der Waals surface area contributed by atoms with Crippen LogP contribution < -0.4 is 0 Å². The smallest absolute Gasteiger partial charge is 0.289 e. The third-order valence-electron chi connectivity index (χ3n) is 2.32. The topological polar surface area (TPSA) is 33.5 Å². The summed E-state index contributed by atoms with van der Waals surface area (Å²) in [4.78, 5) is 14.8. The zero-order chi connectivity index (χ0) is 12.3. The average Bonchev–Trinajstić information content (AvgIpc) is 2.98. The van der Waals surface area contributed by atoms with E-state index in [0.29, 0.717) is 18.1 Å². The average molecular weight is 270 g/mol. The maximum atomic E-state index is 12.0. The molecule has 17 heavy (non-hydrogen) atoms. The van der Waals surface area contributed by atoms with Crippen LogP contribution in [0.25, 0.3) is 0 Å². The van der Waals surface area contributed by atoms with Gasteiger partial charge in [0.1, 0.15) is 5.76 Å². The highest BCUT2D eigenvalue weighted by Gasteiger charge is 2.16. The van der Waals surface area contributed by atoms with E-state index in [1.54, 1.807) is 35.4 Å². The third-order valence-corrected chi connectivity index (χ3v) is 3.45. The summed E-state index contributed by atoms with van der Waals surface area (Å²) in [5, 5.41) is 1.99. The molecular formula is C12H12ClNO2S. The fourth-order valence-corrected chi connectivity index (χ4v) is 2.36. The lowest BCUT2D eigenvalue weighted by Gasteiger charge is -2.14. The minimum atomic E-state index is -0.130. The number of amides is 1. The highest BCUT2D eigenvalue weighted by Crippen LogP contribution is 2.15. The molecule has 0 aromatic carbocycles. The van der Waals surface area contributed by atoms with Crippen molar-refractivity contribution < 1.29 is 9.21 Å². The first kappa shape index (κ1) is 12.2. The van der Waals surface area contributed by atoms with Gasteiger partial charge in [0.15, 0.2) is 5.76 Å². The van der Waals surface area contributed by atoms with Gasteiger partial charge in [-0.15, -0.1) is 22.9 Å². The molecule has 90 valence electrons. The molecule has 0 aliphatic rings. The fraction of sp³-hybridized carbons (Fsp3) is 0.250. The first-order valence-corrected chi connectivity index (χ1v) is 6.54. The molecule has 0 radical (unpaired) electrons. The molecule has 2 aromatic rings. The van der Waals surface area contributed by atoms with E-state index in [9.17, 15) is 4.79 Å². The quantitative estimate of drug-likeness (QED) is 0.798. The van der Waals surface area contributed by atoms with Crippen LogP contribution >= 0.6 is 22.9 Å². The molecule has 5 heteroatoms. The lowest BCUT2D eigenvalue weighted by Crippen LogP contribution is -2.25. The van der Waals surface area contributed by atoms with Crippen molar-refractivity contribution in [3.63, 3.8) is 0 Å². The van der Waals surface area contributed by atoms with Crippen LogP contribution in [0.2, 0.25) is 0 Å². The predicted molar refractivity (Wildman–Crippen MR) is 68.4 cm³/mol. The molecule has 2 aromatic heterocycles. The van der Waals surface area contributed by atoms with Crippen molar-refractivity contribution in [3.05, 3.63) is 46.0 Å². The molecular weight excluding hydrogens is 258 g/mol. The minimum absolute atomic E-state index is 0.130. The number of hydrogen-bond acceptors (Lipinski definition) is 3. The first-order valence-electron chi connectivity index (χ1n) is 5.13. The molecule has 0 aliphatic heterocycles. The maximum absolute atomic E-state index is 12.0. The SMILES string of the molecule is CN(Cc1cccs1)C(=O)c1ccc(CCl)o1. The van der Waals surface area contributed by atoms with Crippen LogP contribution in [-0.4, -0.2) is 17.9 Å². The molecule has 0 unspecified atom stereocenters. The van der Waals surface area contributed by atoms with Gasteiger partial charge in [0, 0.05) is 11.9 Å². The molecule has 2 rings (SSSR count). The van der Waals surface area contributed by atoms with Crippen molar-refractivity contribution in [2.24, 2.45) is 0 Å². The number of carbonyl (C=O) groups is 1. The molecule has 3 nitrogen and oxygen atoms in total. The summed E-state index contributed by atoms with van der Waals surface area (Å²) >= 11 is 7.25. The molecule has 0 saturated carbocycles. The Labute approximate surface area is 109 Å². The Morgan fingerprint density at radius 2 is 2.29 bits per heavy atom. The summed E-state index contributed by atoms with van der Waals surface area (Å²) in [5.41, 5.74) is 0. The van der Waals surface area contributed by atoms with Crippen molar-refractivity contribution in [3.8, 4) is 0 Å². The van der Waals surface area contributed by atoms with Crippen LogP contribution in [0.15, 0.2) is 34.1 Å². The van der Waals surface area contributed by atoms with Crippen molar-refractivity contribution in [2.75, 3.05) is 7.05 Å². The van der Waals surface area contributed by atoms with Gasteiger partial charge in [0.25, 0.3) is 5.91 Å². The van der Waals surface area contributed by atoms with Crippen LogP contribution in [0, 0.1) is 0 Å². The Kier molecular flexibility index (Phi) is 3.86. The molecule has 2 heterocycles. The van der Waals surface area contributed by atoms with E-state index in [4.69, 9.17) is 16.0 Å². The van der Waals surface area contributed by atoms with Crippen molar-refractivity contribution in [1.29, 1.82) is 0 Å². The van der Waals surface area contributed by atoms with E-state index >= 15 is 0 Å². The van der Waals surface area contributed by atoms with Crippen LogP contribution in [0.5, 0.6) is 0 Å². The van der Waals surface area contributed by atoms with E-state index in [1.807, 2.05) is 17.5 Å². The van der Waals surface area contributed by atoms with E-state index in [1.165, 1.54) is 0 Å². The molecule has 0 spiro atoms. The molecule has 0 bridgehead atoms. The zero-order valence-electron chi connectivity index (χ0n) is 9.35. The molecule has 0 atom stereocenters. The minimum Gasteiger partial charge on any atom is -0.455 e. The fourth-order valence-electron chi connectivity index (χ4n) is 1.46. The standard InChI is InChI=1S/C12H12ClNO2S/c1-14(8-10-3-2-6-17-10)12(15)11-5-4-9(7-13)16-11/h2-6H,7-8H2,1H3. The third kappa shape index (κ3) is 2.90. The first-order chi connectivity index (χ1) is 8.20. The van der Waals surface area contributed by atoms with E-state index in [2.05, 4.69) is 0 Å². The second-order valence-corrected chi connectivity index (χ2v) is 4.94. The number of hydrogen-bond donors (Lipinski definition) is 0. The Morgan fingerprint density at radius 1 is 1.47 bits per heavy atom. The Hall–Kier alpha value is -1.26. The number of carbonyl (C=O) groups excluding carboxylic acids is 1. The highest BCUT2D eigenvalue weighted by molar-refractivity contribution is 7.09. The van der Waals surface area contributed by atoms with Crippen molar-refractivity contribution >= 4 is 28.8 Å². The lowest BCUT2D eigenvalue weighted by atomic mass is 10.3. The number of furan rings is 1. The molecule has 0 aliphatic carbocycles. The number of thiophene rings is 1. The largest absolute Gasteiger partial charge is 0.455 e. The summed E-state index contributed by atoms with van der Waals surface area (Å²) in [6.07, 6.45) is 0. The summed E-state index contributed by atoms with van der Waals surface area (Å²) in [7, 11) is 1.75. The molecule has 0 saturated heterocycles. The van der Waals surface area contributed by atoms with Crippen LogP contribution in [0.1, 0.15) is 21.2 Å². The van der Waals surface area contributed by atoms with E-state index in [0.717, 1.165) is 4.88 Å². The van der Waals surface area contributed by atoms with Gasteiger partial charge < -0.3 is 9.32 Å². The van der Waals surface area contributed by atoms with Crippen LogP contribution in [0.4, 0.5) is 0 Å². The molecule has 0 N–H and O–H groups in total. The molecule has 0 fully saturated rings. The summed E-state index contributed by atoms with van der Waals surface area (Å²) in [6.45, 7) is 0.591. The van der Waals surface area contributed by atoms with Gasteiger partial charge in [-0.1, -0.05) is 6.07 Å². The van der Waals surface area contributed by atoms with Crippen LogP contribution in [0.3, 0.4) is 0 Å². The van der Waals surface area contributed by atoms with Gasteiger partial charge in [-0.25, -0.2) is 0 Å². The summed E-state index contributed by atoms with van der Waals surface area (Å²) in [6, 6.07) is 7.35. The number of rotatable bonds is 4. The Bertz CT molecular complexity index is 492. The normalized spacial score (nSPS) is 10.5.